The Bertz CT molecular complexity index is 878. The molecule has 1 atom stereocenters. The van der Waals surface area contributed by atoms with Crippen LogP contribution in [0, 0.1) is 5.82 Å². The third-order valence-corrected chi connectivity index (χ3v) is 5.44. The van der Waals surface area contributed by atoms with Crippen LogP contribution in [-0.4, -0.2) is 26.6 Å². The van der Waals surface area contributed by atoms with Gasteiger partial charge in [0, 0.05) is 5.69 Å². The Hall–Kier alpha value is -2.41. The molecule has 0 fully saturated rings. The van der Waals surface area contributed by atoms with E-state index in [1.807, 2.05) is 12.1 Å². The van der Waals surface area contributed by atoms with Gasteiger partial charge in [-0.05, 0) is 54.3 Å². The number of carbonyl (C=O) groups is 1. The number of hydrogen-bond donors (Lipinski definition) is 1. The molecule has 2 aromatic carbocycles. The summed E-state index contributed by atoms with van der Waals surface area (Å²) in [5, 5.41) is 2.77. The second kappa shape index (κ2) is 8.52. The van der Waals surface area contributed by atoms with E-state index in [2.05, 4.69) is 19.2 Å². The van der Waals surface area contributed by atoms with Crippen molar-refractivity contribution in [2.24, 2.45) is 0 Å². The Balaban J connectivity index is 2.30. The molecule has 0 aliphatic carbocycles. The van der Waals surface area contributed by atoms with Crippen LogP contribution in [0.2, 0.25) is 0 Å². The first-order valence-electron chi connectivity index (χ1n) is 8.79. The summed E-state index contributed by atoms with van der Waals surface area (Å²) >= 11 is 0. The van der Waals surface area contributed by atoms with Crippen LogP contribution in [0.25, 0.3) is 0 Å². The second-order valence-electron chi connectivity index (χ2n) is 6.73. The molecule has 0 aromatic heterocycles. The minimum atomic E-state index is -3.75. The van der Waals surface area contributed by atoms with Gasteiger partial charge in [-0.2, -0.15) is 0 Å². The number of amides is 1. The molecule has 7 heteroatoms. The summed E-state index contributed by atoms with van der Waals surface area (Å²) in [7, 11) is -3.75. The first-order valence-corrected chi connectivity index (χ1v) is 10.6. The van der Waals surface area contributed by atoms with Crippen LogP contribution in [0.3, 0.4) is 0 Å². The average molecular weight is 392 g/mol. The normalized spacial score (nSPS) is 12.7. The Morgan fingerprint density at radius 3 is 2.07 bits per heavy atom. The summed E-state index contributed by atoms with van der Waals surface area (Å²) in [6, 6.07) is 11.5. The first-order chi connectivity index (χ1) is 12.6. The van der Waals surface area contributed by atoms with Gasteiger partial charge in [0.2, 0.25) is 15.9 Å². The zero-order chi connectivity index (χ0) is 20.2. The van der Waals surface area contributed by atoms with Gasteiger partial charge in [0.1, 0.15) is 11.9 Å². The van der Waals surface area contributed by atoms with Crippen molar-refractivity contribution in [3.63, 3.8) is 0 Å². The largest absolute Gasteiger partial charge is 0.324 e. The minimum absolute atomic E-state index is 0.246. The lowest BCUT2D eigenvalue weighted by atomic mass is 10.0. The summed E-state index contributed by atoms with van der Waals surface area (Å²) < 4.78 is 38.9. The van der Waals surface area contributed by atoms with E-state index in [1.54, 1.807) is 19.1 Å². The molecule has 1 unspecified atom stereocenters. The Kier molecular flexibility index (Phi) is 6.59. The van der Waals surface area contributed by atoms with Gasteiger partial charge >= 0.3 is 0 Å². The maximum absolute atomic E-state index is 13.2. The highest BCUT2D eigenvalue weighted by molar-refractivity contribution is 7.92. The number of carbonyl (C=O) groups excluding carboxylic acids is 1. The Morgan fingerprint density at radius 2 is 1.63 bits per heavy atom. The van der Waals surface area contributed by atoms with Gasteiger partial charge in [-0.3, -0.25) is 9.10 Å². The molecule has 0 radical (unpaired) electrons. The highest BCUT2D eigenvalue weighted by Crippen LogP contribution is 2.24. The van der Waals surface area contributed by atoms with Crippen molar-refractivity contribution in [1.29, 1.82) is 0 Å². The number of rotatable bonds is 7. The van der Waals surface area contributed by atoms with Crippen molar-refractivity contribution in [2.75, 3.05) is 15.9 Å². The summed E-state index contributed by atoms with van der Waals surface area (Å²) in [5.74, 6) is -0.545. The fourth-order valence-electron chi connectivity index (χ4n) is 2.83. The van der Waals surface area contributed by atoms with Crippen LogP contribution in [0.1, 0.15) is 38.7 Å². The molecule has 1 amide bonds. The molecule has 2 rings (SSSR count). The van der Waals surface area contributed by atoms with Gasteiger partial charge in [-0.1, -0.05) is 32.9 Å². The highest BCUT2D eigenvalue weighted by atomic mass is 32.2. The molecular formula is C20H25FN2O3S. The average Bonchev–Trinajstić information content (AvgIpc) is 2.60. The molecule has 0 saturated heterocycles. The van der Waals surface area contributed by atoms with E-state index in [0.717, 1.165) is 16.1 Å². The number of hydrogen-bond acceptors (Lipinski definition) is 3. The van der Waals surface area contributed by atoms with E-state index in [-0.39, 0.29) is 12.1 Å². The zero-order valence-corrected chi connectivity index (χ0v) is 16.8. The topological polar surface area (TPSA) is 66.5 Å². The third kappa shape index (κ3) is 5.29. The van der Waals surface area contributed by atoms with Crippen molar-refractivity contribution in [3.8, 4) is 0 Å². The van der Waals surface area contributed by atoms with E-state index >= 15 is 0 Å². The van der Waals surface area contributed by atoms with Crippen molar-refractivity contribution in [2.45, 2.75) is 39.2 Å². The predicted molar refractivity (Wildman–Crippen MR) is 107 cm³/mol. The van der Waals surface area contributed by atoms with E-state index in [4.69, 9.17) is 0 Å². The first kappa shape index (κ1) is 20.9. The fraction of sp³-hybridized carbons (Fsp3) is 0.350. The highest BCUT2D eigenvalue weighted by Gasteiger charge is 2.31. The summed E-state index contributed by atoms with van der Waals surface area (Å²) in [6.45, 7) is 5.88. The second-order valence-corrected chi connectivity index (χ2v) is 8.58. The smallest absolute Gasteiger partial charge is 0.248 e. The lowest BCUT2D eigenvalue weighted by Gasteiger charge is -2.30. The molecule has 5 nitrogen and oxygen atoms in total. The van der Waals surface area contributed by atoms with Gasteiger partial charge in [-0.15, -0.1) is 0 Å². The summed E-state index contributed by atoms with van der Waals surface area (Å²) in [6.07, 6.45) is 1.30. The van der Waals surface area contributed by atoms with Crippen molar-refractivity contribution >= 4 is 27.3 Å². The van der Waals surface area contributed by atoms with Crippen molar-refractivity contribution in [3.05, 3.63) is 59.9 Å². The molecule has 0 aliphatic heterocycles. The number of benzene rings is 2. The van der Waals surface area contributed by atoms with Gasteiger partial charge < -0.3 is 5.32 Å². The molecular weight excluding hydrogens is 367 g/mol. The summed E-state index contributed by atoms with van der Waals surface area (Å²) in [4.78, 5) is 12.8. The van der Waals surface area contributed by atoms with Crippen LogP contribution < -0.4 is 9.62 Å². The van der Waals surface area contributed by atoms with Crippen molar-refractivity contribution in [1.82, 2.24) is 0 Å². The fourth-order valence-corrected chi connectivity index (χ4v) is 4.04. The van der Waals surface area contributed by atoms with Crippen LogP contribution >= 0.6 is 0 Å². The quantitative estimate of drug-likeness (QED) is 0.770. The monoisotopic (exact) mass is 392 g/mol. The third-order valence-electron chi connectivity index (χ3n) is 4.26. The zero-order valence-electron chi connectivity index (χ0n) is 15.9. The number of sulfonamides is 1. The molecule has 0 saturated carbocycles. The predicted octanol–water partition coefficient (Wildman–Crippen LogP) is 4.13. The van der Waals surface area contributed by atoms with Gasteiger partial charge in [-0.25, -0.2) is 12.8 Å². The van der Waals surface area contributed by atoms with E-state index in [1.165, 1.54) is 24.3 Å². The molecule has 27 heavy (non-hydrogen) atoms. The van der Waals surface area contributed by atoms with Crippen LogP contribution in [0.5, 0.6) is 0 Å². The molecule has 2 aromatic rings. The van der Waals surface area contributed by atoms with Gasteiger partial charge in [0.05, 0.1) is 11.9 Å². The number of nitrogens with one attached hydrogen (secondary N) is 1. The van der Waals surface area contributed by atoms with Gasteiger partial charge in [0.25, 0.3) is 0 Å². The minimum Gasteiger partial charge on any atom is -0.324 e. The van der Waals surface area contributed by atoms with Crippen LogP contribution in [-0.2, 0) is 14.8 Å². The van der Waals surface area contributed by atoms with Crippen LogP contribution in [0.15, 0.2) is 48.5 Å². The van der Waals surface area contributed by atoms with E-state index in [9.17, 15) is 17.6 Å². The lowest BCUT2D eigenvalue weighted by Crippen LogP contribution is -2.47. The van der Waals surface area contributed by atoms with Crippen molar-refractivity contribution < 1.29 is 17.6 Å². The number of anilines is 2. The molecule has 1 N–H and O–H groups in total. The molecule has 146 valence electrons. The molecule has 0 aliphatic rings. The lowest BCUT2D eigenvalue weighted by molar-refractivity contribution is -0.117. The SMILES string of the molecule is CCC(C(=O)Nc1ccc(C(C)C)cc1)N(c1ccc(F)cc1)S(C)(=O)=O. The van der Waals surface area contributed by atoms with Crippen LogP contribution in [0.4, 0.5) is 15.8 Å². The van der Waals surface area contributed by atoms with Gasteiger partial charge in [0.15, 0.2) is 0 Å². The molecule has 0 heterocycles. The Labute approximate surface area is 160 Å². The van der Waals surface area contributed by atoms with E-state index in [0.29, 0.717) is 11.6 Å². The number of nitrogens with zero attached hydrogens (tertiary/aromatic N) is 1. The molecule has 0 bridgehead atoms. The van der Waals surface area contributed by atoms with E-state index < -0.39 is 27.8 Å². The Morgan fingerprint density at radius 1 is 1.07 bits per heavy atom. The number of halogens is 1. The molecule has 0 spiro atoms. The summed E-state index contributed by atoms with van der Waals surface area (Å²) in [5.41, 5.74) is 1.98. The standard InChI is InChI=1S/C20H25FN2O3S/c1-5-19(20(24)22-17-10-6-15(7-11-17)14(2)3)23(27(4,25)26)18-12-8-16(21)9-13-18/h6-14,19H,5H2,1-4H3,(H,22,24). The maximum atomic E-state index is 13.2. The maximum Gasteiger partial charge on any atom is 0.248 e.